The minimum atomic E-state index is -0.107. The minimum Gasteiger partial charge on any atom is -0.496 e. The van der Waals surface area contributed by atoms with E-state index >= 15 is 0 Å². The molecule has 0 unspecified atom stereocenters. The van der Waals surface area contributed by atoms with Gasteiger partial charge < -0.3 is 19.5 Å². The lowest BCUT2D eigenvalue weighted by Gasteiger charge is -2.32. The van der Waals surface area contributed by atoms with Crippen LogP contribution in [0.5, 0.6) is 5.75 Å². The molecule has 0 radical (unpaired) electrons. The number of hydrogen-bond acceptors (Lipinski definition) is 3. The van der Waals surface area contributed by atoms with Crippen molar-refractivity contribution in [2.45, 2.75) is 18.9 Å². The van der Waals surface area contributed by atoms with Crippen molar-refractivity contribution >= 4 is 23.4 Å². The normalized spacial score (nSPS) is 14.3. The number of rotatable bonds is 5. The number of carbonyl (C=O) groups excluding carboxylic acids is 2. The number of piperidine rings is 1. The van der Waals surface area contributed by atoms with Crippen molar-refractivity contribution in [2.75, 3.05) is 20.2 Å². The summed E-state index contributed by atoms with van der Waals surface area (Å²) in [6.45, 7) is 1.12. The van der Waals surface area contributed by atoms with Crippen LogP contribution in [-0.2, 0) is 0 Å². The molecular formula is C24H24ClN3O3. The van der Waals surface area contributed by atoms with Crippen LogP contribution in [0, 0.1) is 0 Å². The third kappa shape index (κ3) is 4.75. The number of halogens is 1. The maximum Gasteiger partial charge on any atom is 0.257 e. The summed E-state index contributed by atoms with van der Waals surface area (Å²) < 4.78 is 7.29. The van der Waals surface area contributed by atoms with E-state index in [2.05, 4.69) is 5.32 Å². The number of hydrogen-bond donors (Lipinski definition) is 1. The van der Waals surface area contributed by atoms with Crippen molar-refractivity contribution in [1.82, 2.24) is 14.8 Å². The summed E-state index contributed by atoms with van der Waals surface area (Å²) in [5.74, 6) is 0.304. The zero-order chi connectivity index (χ0) is 21.8. The molecule has 2 aromatic carbocycles. The second-order valence-electron chi connectivity index (χ2n) is 7.52. The Labute approximate surface area is 186 Å². The van der Waals surface area contributed by atoms with Gasteiger partial charge in [0.2, 0.25) is 0 Å². The zero-order valence-corrected chi connectivity index (χ0v) is 18.0. The highest BCUT2D eigenvalue weighted by Crippen LogP contribution is 2.25. The molecule has 0 spiro atoms. The topological polar surface area (TPSA) is 63.6 Å². The molecule has 7 heteroatoms. The summed E-state index contributed by atoms with van der Waals surface area (Å²) in [6, 6.07) is 16.5. The molecule has 1 fully saturated rings. The van der Waals surface area contributed by atoms with E-state index in [1.165, 1.54) is 7.11 Å². The van der Waals surface area contributed by atoms with Crippen LogP contribution in [0.1, 0.15) is 33.6 Å². The fourth-order valence-corrected chi connectivity index (χ4v) is 3.98. The van der Waals surface area contributed by atoms with Gasteiger partial charge in [0, 0.05) is 47.8 Å². The van der Waals surface area contributed by atoms with Crippen LogP contribution in [0.2, 0.25) is 5.02 Å². The van der Waals surface area contributed by atoms with Gasteiger partial charge in [0.15, 0.2) is 0 Å². The van der Waals surface area contributed by atoms with Crippen LogP contribution >= 0.6 is 11.6 Å². The zero-order valence-electron chi connectivity index (χ0n) is 17.3. The molecule has 2 heterocycles. The first-order chi connectivity index (χ1) is 15.0. The van der Waals surface area contributed by atoms with Crippen LogP contribution in [-0.4, -0.2) is 47.5 Å². The molecule has 2 amide bonds. The van der Waals surface area contributed by atoms with Gasteiger partial charge in [-0.3, -0.25) is 9.59 Å². The highest BCUT2D eigenvalue weighted by Gasteiger charge is 2.26. The first-order valence-electron chi connectivity index (χ1n) is 10.2. The first kappa shape index (κ1) is 21.0. The van der Waals surface area contributed by atoms with Crippen molar-refractivity contribution < 1.29 is 14.3 Å². The van der Waals surface area contributed by atoms with Crippen molar-refractivity contribution in [3.63, 3.8) is 0 Å². The maximum absolute atomic E-state index is 12.9. The maximum atomic E-state index is 12.9. The molecule has 1 N–H and O–H groups in total. The average Bonchev–Trinajstić information content (AvgIpc) is 3.34. The molecule has 1 aliphatic heterocycles. The highest BCUT2D eigenvalue weighted by molar-refractivity contribution is 6.31. The fraction of sp³-hybridized carbons (Fsp3) is 0.250. The van der Waals surface area contributed by atoms with Gasteiger partial charge in [-0.25, -0.2) is 0 Å². The van der Waals surface area contributed by atoms with Gasteiger partial charge in [-0.2, -0.15) is 0 Å². The minimum absolute atomic E-state index is 0.0296. The number of likely N-dealkylation sites (tertiary alicyclic amines) is 1. The standard InChI is InChI=1S/C24H24ClN3O3/c1-31-22-9-6-18(25)16-21(22)24(30)28-14-10-19(11-15-28)26-23(29)17-4-7-20(8-5-17)27-12-2-3-13-27/h2-9,12-13,16,19H,10-11,14-15H2,1H3,(H,26,29). The largest absolute Gasteiger partial charge is 0.496 e. The smallest absolute Gasteiger partial charge is 0.257 e. The number of amides is 2. The highest BCUT2D eigenvalue weighted by atomic mass is 35.5. The Morgan fingerprint density at radius 2 is 1.71 bits per heavy atom. The van der Waals surface area contributed by atoms with Gasteiger partial charge in [0.05, 0.1) is 12.7 Å². The molecule has 0 bridgehead atoms. The SMILES string of the molecule is COc1ccc(Cl)cc1C(=O)N1CCC(NC(=O)c2ccc(-n3cccc3)cc2)CC1. The lowest BCUT2D eigenvalue weighted by molar-refractivity contribution is 0.0695. The van der Waals surface area contributed by atoms with Gasteiger partial charge in [0.1, 0.15) is 5.75 Å². The van der Waals surface area contributed by atoms with E-state index in [1.54, 1.807) is 23.1 Å². The molecule has 0 aliphatic carbocycles. The fourth-order valence-electron chi connectivity index (χ4n) is 3.80. The van der Waals surface area contributed by atoms with Crippen LogP contribution in [0.4, 0.5) is 0 Å². The third-order valence-corrected chi connectivity index (χ3v) is 5.78. The molecule has 1 aromatic heterocycles. The van der Waals surface area contributed by atoms with Crippen molar-refractivity contribution in [3.05, 3.63) is 83.1 Å². The van der Waals surface area contributed by atoms with Gasteiger partial charge in [-0.15, -0.1) is 0 Å². The summed E-state index contributed by atoms with van der Waals surface area (Å²) in [5, 5.41) is 3.59. The number of ether oxygens (including phenoxy) is 1. The van der Waals surface area contributed by atoms with E-state index in [0.29, 0.717) is 47.8 Å². The average molecular weight is 438 g/mol. The van der Waals surface area contributed by atoms with Gasteiger partial charge in [-0.05, 0) is 67.4 Å². The van der Waals surface area contributed by atoms with Crippen LogP contribution in [0.3, 0.4) is 0 Å². The Hall–Kier alpha value is -3.25. The van der Waals surface area contributed by atoms with E-state index in [0.717, 1.165) is 5.69 Å². The Balaban J connectivity index is 1.33. The van der Waals surface area contributed by atoms with E-state index in [1.807, 2.05) is 53.4 Å². The molecule has 4 rings (SSSR count). The van der Waals surface area contributed by atoms with Crippen LogP contribution < -0.4 is 10.1 Å². The molecule has 0 atom stereocenters. The van der Waals surface area contributed by atoms with E-state index in [-0.39, 0.29) is 17.9 Å². The monoisotopic (exact) mass is 437 g/mol. The number of nitrogens with zero attached hydrogens (tertiary/aromatic N) is 2. The van der Waals surface area contributed by atoms with Crippen molar-refractivity contribution in [2.24, 2.45) is 0 Å². The first-order valence-corrected chi connectivity index (χ1v) is 10.6. The van der Waals surface area contributed by atoms with Crippen LogP contribution in [0.25, 0.3) is 5.69 Å². The van der Waals surface area contributed by atoms with Gasteiger partial charge >= 0.3 is 0 Å². The summed E-state index contributed by atoms with van der Waals surface area (Å²) in [5.41, 5.74) is 2.09. The summed E-state index contributed by atoms with van der Waals surface area (Å²) in [6.07, 6.45) is 5.32. The summed E-state index contributed by atoms with van der Waals surface area (Å²) in [4.78, 5) is 27.3. The van der Waals surface area contributed by atoms with Gasteiger partial charge in [0.25, 0.3) is 11.8 Å². The Morgan fingerprint density at radius 1 is 1.03 bits per heavy atom. The molecule has 31 heavy (non-hydrogen) atoms. The quantitative estimate of drug-likeness (QED) is 0.651. The predicted octanol–water partition coefficient (Wildman–Crippen LogP) is 4.17. The van der Waals surface area contributed by atoms with Crippen LogP contribution in [0.15, 0.2) is 67.0 Å². The van der Waals surface area contributed by atoms with E-state index in [4.69, 9.17) is 16.3 Å². The molecule has 1 saturated heterocycles. The second kappa shape index (κ2) is 9.27. The molecule has 160 valence electrons. The molecular weight excluding hydrogens is 414 g/mol. The lowest BCUT2D eigenvalue weighted by Crippen LogP contribution is -2.46. The summed E-state index contributed by atoms with van der Waals surface area (Å²) >= 11 is 6.06. The molecule has 6 nitrogen and oxygen atoms in total. The van der Waals surface area contributed by atoms with E-state index in [9.17, 15) is 9.59 Å². The predicted molar refractivity (Wildman–Crippen MR) is 120 cm³/mol. The number of methoxy groups -OCH3 is 1. The molecule has 0 saturated carbocycles. The van der Waals surface area contributed by atoms with Crippen molar-refractivity contribution in [3.8, 4) is 11.4 Å². The Morgan fingerprint density at radius 3 is 2.35 bits per heavy atom. The molecule has 3 aromatic rings. The Bertz CT molecular complexity index is 1060. The molecule has 1 aliphatic rings. The number of carbonyl (C=O) groups is 2. The van der Waals surface area contributed by atoms with E-state index < -0.39 is 0 Å². The van der Waals surface area contributed by atoms with Gasteiger partial charge in [-0.1, -0.05) is 11.6 Å². The lowest BCUT2D eigenvalue weighted by atomic mass is 10.0. The second-order valence-corrected chi connectivity index (χ2v) is 7.96. The third-order valence-electron chi connectivity index (χ3n) is 5.54. The number of aromatic nitrogens is 1. The Kier molecular flexibility index (Phi) is 6.28. The number of nitrogens with one attached hydrogen (secondary N) is 1. The van der Waals surface area contributed by atoms with Crippen molar-refractivity contribution in [1.29, 1.82) is 0 Å². The summed E-state index contributed by atoms with van der Waals surface area (Å²) in [7, 11) is 1.53. The number of benzene rings is 2.